The van der Waals surface area contributed by atoms with Crippen LogP contribution in [0.2, 0.25) is 0 Å². The summed E-state index contributed by atoms with van der Waals surface area (Å²) in [4.78, 5) is 34.4. The van der Waals surface area contributed by atoms with Crippen LogP contribution in [0.25, 0.3) is 5.69 Å². The quantitative estimate of drug-likeness (QED) is 0.299. The van der Waals surface area contributed by atoms with Gasteiger partial charge in [0.05, 0.1) is 17.3 Å². The van der Waals surface area contributed by atoms with Crippen molar-refractivity contribution in [2.45, 2.75) is 12.1 Å². The first-order valence-electron chi connectivity index (χ1n) is 8.96. The fourth-order valence-corrected chi connectivity index (χ4v) is 3.14. The summed E-state index contributed by atoms with van der Waals surface area (Å²) in [5.41, 5.74) is 4.90. The monoisotopic (exact) mass is 443 g/mol. The number of carbonyl (C=O) groups is 2. The molecule has 2 N–H and O–H groups in total. The number of aromatic nitrogens is 4. The molecule has 2 aromatic carbocycles. The molecule has 13 heteroatoms. The first-order chi connectivity index (χ1) is 15.0. The third-order valence-electron chi connectivity index (χ3n) is 3.80. The average molecular weight is 443 g/mol. The van der Waals surface area contributed by atoms with E-state index in [0.717, 1.165) is 17.8 Å². The number of non-ortho nitro benzene ring substituents is 1. The number of nitrogens with one attached hydrogen (secondary N) is 2. The number of nitro benzene ring substituents is 1. The van der Waals surface area contributed by atoms with Gasteiger partial charge in [-0.1, -0.05) is 30.0 Å². The van der Waals surface area contributed by atoms with Gasteiger partial charge in [-0.25, -0.2) is 0 Å². The number of rotatable bonds is 8. The molecule has 0 fully saturated rings. The summed E-state index contributed by atoms with van der Waals surface area (Å²) in [6, 6.07) is 12.3. The molecule has 0 aliphatic carbocycles. The number of nitrogens with zero attached hydrogens (tertiary/aromatic N) is 5. The van der Waals surface area contributed by atoms with E-state index in [1.807, 2.05) is 19.1 Å². The second-order valence-electron chi connectivity index (χ2n) is 5.87. The Morgan fingerprint density at radius 3 is 2.77 bits per heavy atom. The minimum Gasteiger partial charge on any atom is -0.492 e. The maximum atomic E-state index is 12.1. The van der Waals surface area contributed by atoms with E-state index < -0.39 is 16.7 Å². The molecule has 0 spiro atoms. The molecule has 0 atom stereocenters. The molecule has 0 unspecified atom stereocenters. The van der Waals surface area contributed by atoms with Crippen LogP contribution in [0.3, 0.4) is 0 Å². The highest BCUT2D eigenvalue weighted by Gasteiger charge is 2.16. The molecular weight excluding hydrogens is 426 g/mol. The van der Waals surface area contributed by atoms with E-state index in [2.05, 4.69) is 26.4 Å². The van der Waals surface area contributed by atoms with Crippen molar-refractivity contribution >= 4 is 29.3 Å². The molecule has 0 radical (unpaired) electrons. The molecule has 31 heavy (non-hydrogen) atoms. The molecule has 2 amide bonds. The van der Waals surface area contributed by atoms with Gasteiger partial charge in [-0.3, -0.25) is 30.6 Å². The molecule has 1 heterocycles. The van der Waals surface area contributed by atoms with E-state index >= 15 is 0 Å². The Labute approximate surface area is 180 Å². The molecule has 3 aromatic rings. The topological polar surface area (TPSA) is 154 Å². The highest BCUT2D eigenvalue weighted by molar-refractivity contribution is 7.99. The third-order valence-corrected chi connectivity index (χ3v) is 4.72. The van der Waals surface area contributed by atoms with Gasteiger partial charge in [0.15, 0.2) is 0 Å². The van der Waals surface area contributed by atoms with E-state index in [1.54, 1.807) is 12.1 Å². The minimum atomic E-state index is -0.683. The normalized spacial score (nSPS) is 10.4. The predicted molar refractivity (Wildman–Crippen MR) is 110 cm³/mol. The molecular formula is C18H17N7O5S. The number of hydrogen-bond donors (Lipinski definition) is 2. The van der Waals surface area contributed by atoms with E-state index in [9.17, 15) is 19.7 Å². The minimum absolute atomic E-state index is 0.0404. The van der Waals surface area contributed by atoms with Gasteiger partial charge >= 0.3 is 0 Å². The second-order valence-corrected chi connectivity index (χ2v) is 6.81. The lowest BCUT2D eigenvalue weighted by molar-refractivity contribution is -0.384. The van der Waals surface area contributed by atoms with Crippen LogP contribution in [0.1, 0.15) is 17.3 Å². The van der Waals surface area contributed by atoms with Gasteiger partial charge in [-0.2, -0.15) is 4.68 Å². The number of para-hydroxylation sites is 2. The number of tetrazole rings is 1. The van der Waals surface area contributed by atoms with Gasteiger partial charge < -0.3 is 4.74 Å². The summed E-state index contributed by atoms with van der Waals surface area (Å²) >= 11 is 1.06. The predicted octanol–water partition coefficient (Wildman–Crippen LogP) is 1.52. The summed E-state index contributed by atoms with van der Waals surface area (Å²) in [6.07, 6.45) is 0. The maximum Gasteiger partial charge on any atom is 0.270 e. The van der Waals surface area contributed by atoms with Crippen LogP contribution in [0.15, 0.2) is 53.7 Å². The van der Waals surface area contributed by atoms with Crippen molar-refractivity contribution < 1.29 is 19.2 Å². The number of carbonyl (C=O) groups excluding carboxylic acids is 2. The van der Waals surface area contributed by atoms with Crippen molar-refractivity contribution in [3.05, 3.63) is 64.2 Å². The van der Waals surface area contributed by atoms with Crippen molar-refractivity contribution in [2.75, 3.05) is 12.4 Å². The molecule has 12 nitrogen and oxygen atoms in total. The standard InChI is InChI=1S/C18H17N7O5S/c1-2-30-15-9-4-3-8-14(15)24-18(21-22-23-24)31-11-16(26)19-20-17(27)12-6-5-7-13(10-12)25(28)29/h3-10H,2,11H2,1H3,(H,19,26)(H,20,27). The van der Waals surface area contributed by atoms with Gasteiger partial charge in [0.25, 0.3) is 11.6 Å². The molecule has 0 aliphatic rings. The summed E-state index contributed by atoms with van der Waals surface area (Å²) in [5, 5.41) is 22.7. The van der Waals surface area contributed by atoms with Crippen LogP contribution < -0.4 is 15.6 Å². The van der Waals surface area contributed by atoms with Gasteiger partial charge in [0.2, 0.25) is 11.1 Å². The summed E-state index contributed by atoms with van der Waals surface area (Å²) in [5.74, 6) is -0.700. The zero-order valence-electron chi connectivity index (χ0n) is 16.2. The van der Waals surface area contributed by atoms with Crippen molar-refractivity contribution in [1.29, 1.82) is 0 Å². The SMILES string of the molecule is CCOc1ccccc1-n1nnnc1SCC(=O)NNC(=O)c1cccc([N+](=O)[O-])c1. The highest BCUT2D eigenvalue weighted by Crippen LogP contribution is 2.25. The largest absolute Gasteiger partial charge is 0.492 e. The van der Waals surface area contributed by atoms with Gasteiger partial charge in [-0.05, 0) is 35.5 Å². The number of amides is 2. The van der Waals surface area contributed by atoms with Crippen LogP contribution in [0, 0.1) is 10.1 Å². The fourth-order valence-electron chi connectivity index (χ4n) is 2.46. The lowest BCUT2D eigenvalue weighted by atomic mass is 10.2. The van der Waals surface area contributed by atoms with Crippen molar-refractivity contribution in [2.24, 2.45) is 0 Å². The smallest absolute Gasteiger partial charge is 0.270 e. The van der Waals surface area contributed by atoms with Crippen LogP contribution in [0.4, 0.5) is 5.69 Å². The zero-order valence-corrected chi connectivity index (χ0v) is 17.0. The lowest BCUT2D eigenvalue weighted by Crippen LogP contribution is -2.42. The maximum absolute atomic E-state index is 12.1. The molecule has 0 saturated heterocycles. The summed E-state index contributed by atoms with van der Waals surface area (Å²) in [7, 11) is 0. The van der Waals surface area contributed by atoms with Gasteiger partial charge in [0, 0.05) is 17.7 Å². The Bertz CT molecular complexity index is 1100. The molecule has 0 bridgehead atoms. The lowest BCUT2D eigenvalue weighted by Gasteiger charge is -2.10. The van der Waals surface area contributed by atoms with E-state index in [1.165, 1.54) is 22.9 Å². The average Bonchev–Trinajstić information content (AvgIpc) is 3.25. The van der Waals surface area contributed by atoms with E-state index in [0.29, 0.717) is 23.2 Å². The summed E-state index contributed by atoms with van der Waals surface area (Å²) in [6.45, 7) is 2.33. The Morgan fingerprint density at radius 1 is 1.19 bits per heavy atom. The Morgan fingerprint density at radius 2 is 2.00 bits per heavy atom. The fraction of sp³-hybridized carbons (Fsp3) is 0.167. The Kier molecular flexibility index (Phi) is 7.11. The molecule has 0 aliphatic heterocycles. The van der Waals surface area contributed by atoms with Crippen LogP contribution in [-0.4, -0.2) is 49.3 Å². The molecule has 160 valence electrons. The molecule has 0 saturated carbocycles. The Balaban J connectivity index is 1.58. The van der Waals surface area contributed by atoms with Gasteiger partial charge in [0.1, 0.15) is 11.4 Å². The number of ether oxygens (including phenoxy) is 1. The van der Waals surface area contributed by atoms with Crippen LogP contribution in [-0.2, 0) is 4.79 Å². The Hall–Kier alpha value is -4.00. The third kappa shape index (κ3) is 5.54. The van der Waals surface area contributed by atoms with Crippen molar-refractivity contribution in [1.82, 2.24) is 31.1 Å². The van der Waals surface area contributed by atoms with Crippen LogP contribution in [0.5, 0.6) is 5.75 Å². The molecule has 1 aromatic heterocycles. The number of hydrazine groups is 1. The number of benzene rings is 2. The first-order valence-corrected chi connectivity index (χ1v) is 9.95. The first kappa shape index (κ1) is 21.7. The van der Waals surface area contributed by atoms with Gasteiger partial charge in [-0.15, -0.1) is 5.10 Å². The second kappa shape index (κ2) is 10.2. The van der Waals surface area contributed by atoms with Crippen molar-refractivity contribution in [3.63, 3.8) is 0 Å². The number of hydrogen-bond acceptors (Lipinski definition) is 9. The van der Waals surface area contributed by atoms with E-state index in [4.69, 9.17) is 4.74 Å². The number of thioether (sulfide) groups is 1. The summed E-state index contributed by atoms with van der Waals surface area (Å²) < 4.78 is 7.03. The number of nitro groups is 1. The van der Waals surface area contributed by atoms with Crippen LogP contribution >= 0.6 is 11.8 Å². The molecule has 3 rings (SSSR count). The highest BCUT2D eigenvalue weighted by atomic mass is 32.2. The zero-order chi connectivity index (χ0) is 22.2. The van der Waals surface area contributed by atoms with Crippen molar-refractivity contribution in [3.8, 4) is 11.4 Å². The van der Waals surface area contributed by atoms with E-state index in [-0.39, 0.29) is 17.0 Å².